The zero-order valence-corrected chi connectivity index (χ0v) is 11.9. The average molecular weight is 310 g/mol. The highest BCUT2D eigenvalue weighted by atomic mass is 79.9. The molecule has 0 bridgehead atoms. The number of methoxy groups -OCH3 is 1. The Hall–Kier alpha value is -1.29. The molecule has 1 amide bonds. The molecule has 4 heteroatoms. The van der Waals surface area contributed by atoms with Gasteiger partial charge in [0.25, 0.3) is 0 Å². The lowest BCUT2D eigenvalue weighted by molar-refractivity contribution is -0.124. The highest BCUT2D eigenvalue weighted by molar-refractivity contribution is 9.10. The van der Waals surface area contributed by atoms with Crippen LogP contribution in [-0.2, 0) is 4.79 Å². The number of hydrogen-bond acceptors (Lipinski definition) is 2. The van der Waals surface area contributed by atoms with Gasteiger partial charge in [0.2, 0.25) is 5.91 Å². The number of carbonyl (C=O) groups excluding carboxylic acids is 1. The third kappa shape index (κ3) is 3.13. The molecule has 1 heterocycles. The van der Waals surface area contributed by atoms with Crippen LogP contribution in [0.3, 0.4) is 0 Å². The van der Waals surface area contributed by atoms with Gasteiger partial charge in [-0.2, -0.15) is 0 Å². The first-order chi connectivity index (χ1) is 8.70. The Balaban J connectivity index is 2.12. The van der Waals surface area contributed by atoms with Crippen molar-refractivity contribution in [2.75, 3.05) is 20.2 Å². The van der Waals surface area contributed by atoms with E-state index in [-0.39, 0.29) is 5.91 Å². The highest BCUT2D eigenvalue weighted by Crippen LogP contribution is 2.24. The van der Waals surface area contributed by atoms with Crippen molar-refractivity contribution in [2.45, 2.75) is 12.8 Å². The Morgan fingerprint density at radius 2 is 2.11 bits per heavy atom. The molecule has 0 spiro atoms. The molecule has 0 saturated carbocycles. The third-order valence-electron chi connectivity index (χ3n) is 3.01. The van der Waals surface area contributed by atoms with Crippen LogP contribution >= 0.6 is 15.9 Å². The molecular formula is C14H16BrNO2. The summed E-state index contributed by atoms with van der Waals surface area (Å²) in [5, 5.41) is 0. The number of nitrogens with zero attached hydrogens (tertiary/aromatic N) is 1. The molecule has 1 saturated heterocycles. The predicted molar refractivity (Wildman–Crippen MR) is 75.5 cm³/mol. The number of halogens is 1. The van der Waals surface area contributed by atoms with E-state index < -0.39 is 0 Å². The molecule has 1 aromatic rings. The summed E-state index contributed by atoms with van der Waals surface area (Å²) in [5.41, 5.74) is 0.902. The summed E-state index contributed by atoms with van der Waals surface area (Å²) < 4.78 is 6.23. The molecule has 0 aliphatic carbocycles. The normalized spacial score (nSPS) is 15.3. The van der Waals surface area contributed by atoms with Crippen molar-refractivity contribution in [3.05, 3.63) is 34.3 Å². The lowest BCUT2D eigenvalue weighted by atomic mass is 10.2. The van der Waals surface area contributed by atoms with Gasteiger partial charge < -0.3 is 9.64 Å². The highest BCUT2D eigenvalue weighted by Gasteiger charge is 2.15. The van der Waals surface area contributed by atoms with Gasteiger partial charge in [-0.1, -0.05) is 15.9 Å². The summed E-state index contributed by atoms with van der Waals surface area (Å²) in [4.78, 5) is 13.8. The van der Waals surface area contributed by atoms with Gasteiger partial charge in [-0.25, -0.2) is 0 Å². The van der Waals surface area contributed by atoms with E-state index in [2.05, 4.69) is 15.9 Å². The fourth-order valence-electron chi connectivity index (χ4n) is 2.04. The first kappa shape index (κ1) is 13.1. The van der Waals surface area contributed by atoms with Crippen LogP contribution in [0.15, 0.2) is 28.7 Å². The third-order valence-corrected chi connectivity index (χ3v) is 3.51. The van der Waals surface area contributed by atoms with Gasteiger partial charge in [-0.05, 0) is 37.1 Å². The molecule has 0 unspecified atom stereocenters. The van der Waals surface area contributed by atoms with E-state index in [1.807, 2.05) is 29.2 Å². The van der Waals surface area contributed by atoms with Crippen molar-refractivity contribution in [3.63, 3.8) is 0 Å². The number of amides is 1. The van der Waals surface area contributed by atoms with Crippen LogP contribution < -0.4 is 4.74 Å². The number of benzene rings is 1. The monoisotopic (exact) mass is 309 g/mol. The molecular weight excluding hydrogens is 294 g/mol. The zero-order chi connectivity index (χ0) is 13.0. The zero-order valence-electron chi connectivity index (χ0n) is 10.4. The molecule has 1 aliphatic heterocycles. The van der Waals surface area contributed by atoms with Gasteiger partial charge >= 0.3 is 0 Å². The van der Waals surface area contributed by atoms with Crippen LogP contribution in [0.2, 0.25) is 0 Å². The Kier molecular flexibility index (Phi) is 4.42. The minimum absolute atomic E-state index is 0.0783. The van der Waals surface area contributed by atoms with Crippen LogP contribution in [-0.4, -0.2) is 31.0 Å². The maximum Gasteiger partial charge on any atom is 0.246 e. The van der Waals surface area contributed by atoms with E-state index >= 15 is 0 Å². The maximum atomic E-state index is 11.9. The van der Waals surface area contributed by atoms with Crippen LogP contribution in [0.25, 0.3) is 6.08 Å². The van der Waals surface area contributed by atoms with Gasteiger partial charge in [0, 0.05) is 29.2 Å². The molecule has 0 radical (unpaired) electrons. The molecule has 1 aromatic carbocycles. The second-order valence-electron chi connectivity index (χ2n) is 4.25. The van der Waals surface area contributed by atoms with Gasteiger partial charge in [0.05, 0.1) is 7.11 Å². The van der Waals surface area contributed by atoms with E-state index in [4.69, 9.17) is 4.74 Å². The Morgan fingerprint density at radius 1 is 1.39 bits per heavy atom. The Bertz CT molecular complexity index is 465. The van der Waals surface area contributed by atoms with Crippen molar-refractivity contribution in [3.8, 4) is 5.75 Å². The van der Waals surface area contributed by atoms with E-state index in [1.165, 1.54) is 0 Å². The summed E-state index contributed by atoms with van der Waals surface area (Å²) in [6, 6.07) is 5.73. The van der Waals surface area contributed by atoms with Gasteiger partial charge in [0.1, 0.15) is 5.75 Å². The van der Waals surface area contributed by atoms with Crippen molar-refractivity contribution >= 4 is 27.9 Å². The Morgan fingerprint density at radius 3 is 2.78 bits per heavy atom. The minimum Gasteiger partial charge on any atom is -0.496 e. The van der Waals surface area contributed by atoms with Gasteiger partial charge in [-0.15, -0.1) is 0 Å². The fourth-order valence-corrected chi connectivity index (χ4v) is 2.42. The summed E-state index contributed by atoms with van der Waals surface area (Å²) in [6.07, 6.45) is 5.65. The first-order valence-corrected chi connectivity index (χ1v) is 6.80. The van der Waals surface area contributed by atoms with E-state index in [9.17, 15) is 4.79 Å². The number of hydrogen-bond donors (Lipinski definition) is 0. The van der Waals surface area contributed by atoms with E-state index in [0.717, 1.165) is 41.7 Å². The maximum absolute atomic E-state index is 11.9. The quantitative estimate of drug-likeness (QED) is 0.803. The lowest BCUT2D eigenvalue weighted by Crippen LogP contribution is -2.25. The second kappa shape index (κ2) is 6.05. The molecule has 18 heavy (non-hydrogen) atoms. The molecule has 2 rings (SSSR count). The smallest absolute Gasteiger partial charge is 0.246 e. The predicted octanol–water partition coefficient (Wildman–Crippen LogP) is 3.09. The first-order valence-electron chi connectivity index (χ1n) is 6.01. The minimum atomic E-state index is 0.0783. The number of rotatable bonds is 3. The topological polar surface area (TPSA) is 29.5 Å². The standard InChI is InChI=1S/C14H16BrNO2/c1-18-13-6-5-12(15)10-11(13)4-7-14(17)16-8-2-3-9-16/h4-7,10H,2-3,8-9H2,1H3. The number of ether oxygens (including phenoxy) is 1. The summed E-state index contributed by atoms with van der Waals surface area (Å²) in [5.74, 6) is 0.846. The summed E-state index contributed by atoms with van der Waals surface area (Å²) >= 11 is 3.41. The average Bonchev–Trinajstić information content (AvgIpc) is 2.90. The second-order valence-corrected chi connectivity index (χ2v) is 5.17. The summed E-state index contributed by atoms with van der Waals surface area (Å²) in [7, 11) is 1.63. The van der Waals surface area contributed by atoms with Gasteiger partial charge in [0.15, 0.2) is 0 Å². The van der Waals surface area contributed by atoms with E-state index in [1.54, 1.807) is 13.2 Å². The van der Waals surface area contributed by atoms with Crippen molar-refractivity contribution in [1.29, 1.82) is 0 Å². The molecule has 96 valence electrons. The van der Waals surface area contributed by atoms with Crippen molar-refractivity contribution in [2.24, 2.45) is 0 Å². The van der Waals surface area contributed by atoms with E-state index in [0.29, 0.717) is 0 Å². The van der Waals surface area contributed by atoms with Crippen LogP contribution in [0, 0.1) is 0 Å². The summed E-state index contributed by atoms with van der Waals surface area (Å²) in [6.45, 7) is 1.75. The molecule has 0 atom stereocenters. The molecule has 0 aromatic heterocycles. The molecule has 1 aliphatic rings. The van der Waals surface area contributed by atoms with Gasteiger partial charge in [-0.3, -0.25) is 4.79 Å². The van der Waals surface area contributed by atoms with Crippen LogP contribution in [0.1, 0.15) is 18.4 Å². The van der Waals surface area contributed by atoms with Crippen molar-refractivity contribution < 1.29 is 9.53 Å². The largest absolute Gasteiger partial charge is 0.496 e. The molecule has 1 fully saturated rings. The molecule has 3 nitrogen and oxygen atoms in total. The molecule has 0 N–H and O–H groups in total. The fraction of sp³-hybridized carbons (Fsp3) is 0.357. The van der Waals surface area contributed by atoms with Crippen LogP contribution in [0.5, 0.6) is 5.75 Å². The van der Waals surface area contributed by atoms with Crippen molar-refractivity contribution in [1.82, 2.24) is 4.90 Å². The number of likely N-dealkylation sites (tertiary alicyclic amines) is 1. The lowest BCUT2D eigenvalue weighted by Gasteiger charge is -2.12. The SMILES string of the molecule is COc1ccc(Br)cc1C=CC(=O)N1CCCC1. The number of carbonyl (C=O) groups is 1. The van der Waals surface area contributed by atoms with Crippen LogP contribution in [0.4, 0.5) is 0 Å². The Labute approximate surface area is 116 Å².